The quantitative estimate of drug-likeness (QED) is 0.614. The SMILES string of the molecule is O=C(COc1ccccc1Cl)OCc1coc(-c2ccc(F)cc2)n1. The topological polar surface area (TPSA) is 61.6 Å². The van der Waals surface area contributed by atoms with E-state index in [0.29, 0.717) is 27.9 Å². The number of ether oxygens (including phenoxy) is 2. The molecule has 1 aromatic heterocycles. The number of hydrogen-bond acceptors (Lipinski definition) is 5. The second kappa shape index (κ2) is 7.81. The number of para-hydroxylation sites is 1. The lowest BCUT2D eigenvalue weighted by atomic mass is 10.2. The summed E-state index contributed by atoms with van der Waals surface area (Å²) in [6, 6.07) is 12.5. The molecule has 0 radical (unpaired) electrons. The summed E-state index contributed by atoms with van der Waals surface area (Å²) in [6.07, 6.45) is 1.38. The smallest absolute Gasteiger partial charge is 0.344 e. The molecule has 0 saturated carbocycles. The maximum absolute atomic E-state index is 12.9. The van der Waals surface area contributed by atoms with Crippen LogP contribution in [-0.4, -0.2) is 17.6 Å². The summed E-state index contributed by atoms with van der Waals surface area (Å²) in [6.45, 7) is -0.332. The number of oxazole rings is 1. The zero-order chi connectivity index (χ0) is 17.6. The highest BCUT2D eigenvalue weighted by atomic mass is 35.5. The lowest BCUT2D eigenvalue weighted by molar-refractivity contribution is -0.147. The van der Waals surface area contributed by atoms with E-state index in [2.05, 4.69) is 4.98 Å². The maximum atomic E-state index is 12.9. The Balaban J connectivity index is 1.51. The molecule has 0 aliphatic heterocycles. The number of esters is 1. The van der Waals surface area contributed by atoms with Gasteiger partial charge in [0.15, 0.2) is 6.61 Å². The van der Waals surface area contributed by atoms with Crippen LogP contribution in [-0.2, 0) is 16.1 Å². The fourth-order valence-electron chi connectivity index (χ4n) is 1.99. The second-order valence-electron chi connectivity index (χ2n) is 5.03. The Hall–Kier alpha value is -2.86. The Morgan fingerprint density at radius 1 is 1.16 bits per heavy atom. The van der Waals surface area contributed by atoms with E-state index in [4.69, 9.17) is 25.5 Å². The molecule has 25 heavy (non-hydrogen) atoms. The van der Waals surface area contributed by atoms with Crippen molar-refractivity contribution in [2.24, 2.45) is 0 Å². The fraction of sp³-hybridized carbons (Fsp3) is 0.111. The first-order chi connectivity index (χ1) is 12.1. The molecule has 3 aromatic rings. The van der Waals surface area contributed by atoms with E-state index < -0.39 is 5.97 Å². The molecule has 0 fully saturated rings. The average molecular weight is 362 g/mol. The van der Waals surface area contributed by atoms with E-state index in [9.17, 15) is 9.18 Å². The van der Waals surface area contributed by atoms with Gasteiger partial charge in [-0.1, -0.05) is 23.7 Å². The number of carbonyl (C=O) groups excluding carboxylic acids is 1. The number of halogens is 2. The average Bonchev–Trinajstić information content (AvgIpc) is 3.09. The molecule has 0 N–H and O–H groups in total. The van der Waals surface area contributed by atoms with Gasteiger partial charge in [0.25, 0.3) is 0 Å². The number of benzene rings is 2. The predicted octanol–water partition coefficient (Wildman–Crippen LogP) is 4.26. The third kappa shape index (κ3) is 4.58. The Labute approximate surface area is 148 Å². The summed E-state index contributed by atoms with van der Waals surface area (Å²) in [5.74, 6) is -0.186. The van der Waals surface area contributed by atoms with Crippen molar-refractivity contribution in [2.45, 2.75) is 6.61 Å². The Bertz CT molecular complexity index is 864. The molecule has 0 aliphatic carbocycles. The number of aromatic nitrogens is 1. The molecule has 0 aliphatic rings. The van der Waals surface area contributed by atoms with Crippen LogP contribution in [0, 0.1) is 5.82 Å². The van der Waals surface area contributed by atoms with Crippen molar-refractivity contribution in [1.82, 2.24) is 4.98 Å². The molecule has 3 rings (SSSR count). The summed E-state index contributed by atoms with van der Waals surface area (Å²) >= 11 is 5.93. The monoisotopic (exact) mass is 361 g/mol. The summed E-state index contributed by atoms with van der Waals surface area (Å²) in [5.41, 5.74) is 1.06. The van der Waals surface area contributed by atoms with Gasteiger partial charge in [0.05, 0.1) is 5.02 Å². The van der Waals surface area contributed by atoms with E-state index in [0.717, 1.165) is 0 Å². The number of hydrogen-bond donors (Lipinski definition) is 0. The normalized spacial score (nSPS) is 10.5. The van der Waals surface area contributed by atoms with Gasteiger partial charge in [-0.25, -0.2) is 14.2 Å². The van der Waals surface area contributed by atoms with Gasteiger partial charge in [-0.2, -0.15) is 0 Å². The summed E-state index contributed by atoms with van der Waals surface area (Å²) in [7, 11) is 0. The van der Waals surface area contributed by atoms with Crippen LogP contribution in [0.1, 0.15) is 5.69 Å². The highest BCUT2D eigenvalue weighted by Gasteiger charge is 2.11. The Morgan fingerprint density at radius 3 is 2.68 bits per heavy atom. The third-order valence-corrected chi connectivity index (χ3v) is 3.52. The molecule has 2 aromatic carbocycles. The van der Waals surface area contributed by atoms with Crippen molar-refractivity contribution in [3.8, 4) is 17.2 Å². The van der Waals surface area contributed by atoms with Crippen LogP contribution in [0.15, 0.2) is 59.2 Å². The minimum atomic E-state index is -0.564. The largest absolute Gasteiger partial charge is 0.480 e. The van der Waals surface area contributed by atoms with Gasteiger partial charge >= 0.3 is 5.97 Å². The molecule has 1 heterocycles. The number of carbonyl (C=O) groups is 1. The first-order valence-corrected chi connectivity index (χ1v) is 7.73. The van der Waals surface area contributed by atoms with Crippen LogP contribution in [0.5, 0.6) is 5.75 Å². The van der Waals surface area contributed by atoms with Crippen molar-refractivity contribution >= 4 is 17.6 Å². The zero-order valence-electron chi connectivity index (χ0n) is 12.9. The zero-order valence-corrected chi connectivity index (χ0v) is 13.7. The van der Waals surface area contributed by atoms with Crippen LogP contribution < -0.4 is 4.74 Å². The Kier molecular flexibility index (Phi) is 5.30. The van der Waals surface area contributed by atoms with Crippen LogP contribution in [0.25, 0.3) is 11.5 Å². The molecule has 0 spiro atoms. The van der Waals surface area contributed by atoms with Crippen LogP contribution in [0.4, 0.5) is 4.39 Å². The summed E-state index contributed by atoms with van der Waals surface area (Å²) < 4.78 is 28.6. The predicted molar refractivity (Wildman–Crippen MR) is 88.6 cm³/mol. The third-order valence-electron chi connectivity index (χ3n) is 3.21. The van der Waals surface area contributed by atoms with Gasteiger partial charge in [-0.15, -0.1) is 0 Å². The van der Waals surface area contributed by atoms with Gasteiger partial charge in [-0.05, 0) is 36.4 Å². The van der Waals surface area contributed by atoms with Crippen LogP contribution >= 0.6 is 11.6 Å². The lowest BCUT2D eigenvalue weighted by Gasteiger charge is -2.07. The van der Waals surface area contributed by atoms with E-state index in [-0.39, 0.29) is 19.0 Å². The highest BCUT2D eigenvalue weighted by Crippen LogP contribution is 2.23. The van der Waals surface area contributed by atoms with Crippen LogP contribution in [0.2, 0.25) is 5.02 Å². The summed E-state index contributed by atoms with van der Waals surface area (Å²) in [4.78, 5) is 15.9. The summed E-state index contributed by atoms with van der Waals surface area (Å²) in [5, 5.41) is 0.413. The Morgan fingerprint density at radius 2 is 1.92 bits per heavy atom. The number of nitrogens with zero attached hydrogens (tertiary/aromatic N) is 1. The van der Waals surface area contributed by atoms with Gasteiger partial charge in [0.2, 0.25) is 5.89 Å². The first-order valence-electron chi connectivity index (χ1n) is 7.35. The van der Waals surface area contributed by atoms with Crippen molar-refractivity contribution in [3.63, 3.8) is 0 Å². The van der Waals surface area contributed by atoms with E-state index >= 15 is 0 Å². The van der Waals surface area contributed by atoms with Crippen molar-refractivity contribution in [3.05, 3.63) is 71.3 Å². The molecule has 7 heteroatoms. The highest BCUT2D eigenvalue weighted by molar-refractivity contribution is 6.32. The van der Waals surface area contributed by atoms with Gasteiger partial charge in [-0.3, -0.25) is 0 Å². The fourth-order valence-corrected chi connectivity index (χ4v) is 2.18. The molecule has 0 unspecified atom stereocenters. The lowest BCUT2D eigenvalue weighted by Crippen LogP contribution is -2.15. The molecule has 0 atom stereocenters. The van der Waals surface area contributed by atoms with Crippen molar-refractivity contribution < 1.29 is 23.1 Å². The molecule has 0 amide bonds. The minimum Gasteiger partial charge on any atom is -0.480 e. The minimum absolute atomic E-state index is 0.0601. The van der Waals surface area contributed by atoms with E-state index in [1.54, 1.807) is 36.4 Å². The molecule has 5 nitrogen and oxygen atoms in total. The molecule has 128 valence electrons. The van der Waals surface area contributed by atoms with E-state index in [1.165, 1.54) is 18.4 Å². The van der Waals surface area contributed by atoms with Gasteiger partial charge < -0.3 is 13.9 Å². The molecule has 0 bridgehead atoms. The first kappa shape index (κ1) is 17.0. The maximum Gasteiger partial charge on any atom is 0.344 e. The molecular weight excluding hydrogens is 349 g/mol. The van der Waals surface area contributed by atoms with Crippen molar-refractivity contribution in [2.75, 3.05) is 6.61 Å². The van der Waals surface area contributed by atoms with Crippen LogP contribution in [0.3, 0.4) is 0 Å². The molecule has 0 saturated heterocycles. The van der Waals surface area contributed by atoms with Gasteiger partial charge in [0, 0.05) is 5.56 Å². The standard InChI is InChI=1S/C18H13ClFNO4/c19-15-3-1-2-4-16(15)23-11-17(22)24-9-14-10-25-18(21-14)12-5-7-13(20)8-6-12/h1-8,10H,9,11H2. The second-order valence-corrected chi connectivity index (χ2v) is 5.44. The molecular formula is C18H13ClFNO4. The number of rotatable bonds is 6. The van der Waals surface area contributed by atoms with Gasteiger partial charge in [0.1, 0.15) is 30.1 Å². The van der Waals surface area contributed by atoms with Crippen molar-refractivity contribution in [1.29, 1.82) is 0 Å². The van der Waals surface area contributed by atoms with E-state index in [1.807, 2.05) is 0 Å².